The molecule has 1 aromatic carbocycles. The minimum Gasteiger partial charge on any atom is -0.302 e. The predicted octanol–water partition coefficient (Wildman–Crippen LogP) is 4.65. The van der Waals surface area contributed by atoms with Gasteiger partial charge in [0.25, 0.3) is 0 Å². The second-order valence-electron chi connectivity index (χ2n) is 5.21. The Morgan fingerprint density at radius 3 is 2.96 bits per heavy atom. The van der Waals surface area contributed by atoms with E-state index in [4.69, 9.17) is 11.6 Å². The molecular formula is C17H11ClN4OS2. The quantitative estimate of drug-likeness (QED) is 0.554. The van der Waals surface area contributed by atoms with Crippen LogP contribution in [0.25, 0.3) is 20.9 Å². The Hall–Kier alpha value is -2.35. The summed E-state index contributed by atoms with van der Waals surface area (Å²) in [5.74, 6) is -0.150. The van der Waals surface area contributed by atoms with Crippen LogP contribution in [0, 0.1) is 0 Å². The number of thiazole rings is 2. The van der Waals surface area contributed by atoms with Gasteiger partial charge in [-0.3, -0.25) is 9.78 Å². The van der Waals surface area contributed by atoms with Crippen LogP contribution in [0.2, 0.25) is 5.02 Å². The molecule has 3 heterocycles. The van der Waals surface area contributed by atoms with Crippen LogP contribution in [0.3, 0.4) is 0 Å². The molecule has 3 aromatic heterocycles. The molecule has 0 aliphatic rings. The molecule has 1 N–H and O–H groups in total. The van der Waals surface area contributed by atoms with E-state index in [0.29, 0.717) is 15.8 Å². The van der Waals surface area contributed by atoms with Gasteiger partial charge in [0.15, 0.2) is 5.13 Å². The lowest BCUT2D eigenvalue weighted by atomic mass is 10.3. The van der Waals surface area contributed by atoms with Crippen LogP contribution in [0.4, 0.5) is 5.13 Å². The van der Waals surface area contributed by atoms with Crippen LogP contribution in [-0.4, -0.2) is 20.9 Å². The highest BCUT2D eigenvalue weighted by Crippen LogP contribution is 2.28. The van der Waals surface area contributed by atoms with E-state index >= 15 is 0 Å². The van der Waals surface area contributed by atoms with Gasteiger partial charge in [0, 0.05) is 16.6 Å². The number of pyridine rings is 1. The van der Waals surface area contributed by atoms with E-state index in [9.17, 15) is 4.79 Å². The number of nitrogens with one attached hydrogen (secondary N) is 1. The maximum absolute atomic E-state index is 12.2. The van der Waals surface area contributed by atoms with E-state index in [1.165, 1.54) is 22.7 Å². The van der Waals surface area contributed by atoms with Gasteiger partial charge in [0.1, 0.15) is 5.01 Å². The van der Waals surface area contributed by atoms with Gasteiger partial charge in [-0.15, -0.1) is 11.3 Å². The van der Waals surface area contributed by atoms with Gasteiger partial charge in [-0.1, -0.05) is 29.0 Å². The summed E-state index contributed by atoms with van der Waals surface area (Å²) in [5, 5.41) is 6.71. The fourth-order valence-electron chi connectivity index (χ4n) is 2.27. The van der Waals surface area contributed by atoms with Gasteiger partial charge in [0.05, 0.1) is 28.0 Å². The number of halogens is 1. The molecule has 0 bridgehead atoms. The van der Waals surface area contributed by atoms with Crippen molar-refractivity contribution < 1.29 is 4.79 Å². The fourth-order valence-corrected chi connectivity index (χ4v) is 4.23. The SMILES string of the molecule is O=C(Cc1csc(-c2ccccn2)n1)Nc1nc2ccc(Cl)cc2s1. The molecule has 0 saturated carbocycles. The van der Waals surface area contributed by atoms with E-state index in [-0.39, 0.29) is 12.3 Å². The van der Waals surface area contributed by atoms with Crippen molar-refractivity contribution in [3.8, 4) is 10.7 Å². The van der Waals surface area contributed by atoms with E-state index in [1.807, 2.05) is 35.7 Å². The zero-order valence-corrected chi connectivity index (χ0v) is 15.2. The van der Waals surface area contributed by atoms with Crippen molar-refractivity contribution in [1.82, 2.24) is 15.0 Å². The Morgan fingerprint density at radius 1 is 1.20 bits per heavy atom. The Bertz CT molecular complexity index is 1050. The average Bonchev–Trinajstić information content (AvgIpc) is 3.21. The highest BCUT2D eigenvalue weighted by atomic mass is 35.5. The average molecular weight is 387 g/mol. The molecule has 8 heteroatoms. The maximum Gasteiger partial charge on any atom is 0.232 e. The molecular weight excluding hydrogens is 376 g/mol. The summed E-state index contributed by atoms with van der Waals surface area (Å²) in [7, 11) is 0. The van der Waals surface area contributed by atoms with Gasteiger partial charge in [-0.2, -0.15) is 0 Å². The number of fused-ring (bicyclic) bond motifs is 1. The molecule has 25 heavy (non-hydrogen) atoms. The molecule has 0 atom stereocenters. The highest BCUT2D eigenvalue weighted by Gasteiger charge is 2.12. The number of benzene rings is 1. The van der Waals surface area contributed by atoms with Crippen molar-refractivity contribution in [2.45, 2.75) is 6.42 Å². The number of hydrogen-bond acceptors (Lipinski definition) is 6. The van der Waals surface area contributed by atoms with E-state index in [0.717, 1.165) is 20.9 Å². The molecule has 0 fully saturated rings. The number of amides is 1. The third-order valence-corrected chi connectivity index (χ3v) is 5.46. The minimum atomic E-state index is -0.150. The van der Waals surface area contributed by atoms with E-state index < -0.39 is 0 Å². The molecule has 1 amide bonds. The monoisotopic (exact) mass is 386 g/mol. The summed E-state index contributed by atoms with van der Waals surface area (Å²) in [6.07, 6.45) is 1.92. The van der Waals surface area contributed by atoms with Crippen LogP contribution in [0.5, 0.6) is 0 Å². The highest BCUT2D eigenvalue weighted by molar-refractivity contribution is 7.22. The standard InChI is InChI=1S/C17H11ClN4OS2/c18-10-4-5-12-14(7-10)25-17(21-12)22-15(23)8-11-9-24-16(20-11)13-3-1-2-6-19-13/h1-7,9H,8H2,(H,21,22,23). The Labute approximate surface area is 156 Å². The van der Waals surface area contributed by atoms with Crippen molar-refractivity contribution in [2.24, 2.45) is 0 Å². The normalized spacial score (nSPS) is 10.9. The summed E-state index contributed by atoms with van der Waals surface area (Å²) < 4.78 is 0.939. The van der Waals surface area contributed by atoms with Crippen LogP contribution < -0.4 is 5.32 Å². The topological polar surface area (TPSA) is 67.8 Å². The van der Waals surface area contributed by atoms with Gasteiger partial charge in [-0.25, -0.2) is 9.97 Å². The molecule has 0 aliphatic heterocycles. The van der Waals surface area contributed by atoms with Crippen LogP contribution >= 0.6 is 34.3 Å². The number of anilines is 1. The van der Waals surface area contributed by atoms with Crippen molar-refractivity contribution in [3.05, 3.63) is 58.7 Å². The summed E-state index contributed by atoms with van der Waals surface area (Å²) in [6.45, 7) is 0. The zero-order chi connectivity index (χ0) is 17.2. The third-order valence-electron chi connectivity index (χ3n) is 3.37. The smallest absolute Gasteiger partial charge is 0.232 e. The number of hydrogen-bond donors (Lipinski definition) is 1. The van der Waals surface area contributed by atoms with Crippen LogP contribution in [-0.2, 0) is 11.2 Å². The minimum absolute atomic E-state index is 0.150. The van der Waals surface area contributed by atoms with Crippen molar-refractivity contribution in [2.75, 3.05) is 5.32 Å². The van der Waals surface area contributed by atoms with Crippen molar-refractivity contribution in [1.29, 1.82) is 0 Å². The molecule has 4 aromatic rings. The maximum atomic E-state index is 12.2. The van der Waals surface area contributed by atoms with E-state index in [1.54, 1.807) is 12.3 Å². The molecule has 4 rings (SSSR count). The van der Waals surface area contributed by atoms with Crippen molar-refractivity contribution in [3.63, 3.8) is 0 Å². The molecule has 0 saturated heterocycles. The largest absolute Gasteiger partial charge is 0.302 e. The first kappa shape index (κ1) is 16.1. The number of aromatic nitrogens is 3. The molecule has 0 aliphatic carbocycles. The lowest BCUT2D eigenvalue weighted by molar-refractivity contribution is -0.115. The Morgan fingerprint density at radius 2 is 2.12 bits per heavy atom. The Kier molecular flexibility index (Phi) is 4.44. The predicted molar refractivity (Wildman–Crippen MR) is 102 cm³/mol. The molecule has 5 nitrogen and oxygen atoms in total. The van der Waals surface area contributed by atoms with Crippen molar-refractivity contribution >= 4 is 55.5 Å². The van der Waals surface area contributed by atoms with Crippen LogP contribution in [0.15, 0.2) is 48.0 Å². The molecule has 0 spiro atoms. The number of carbonyl (C=O) groups excluding carboxylic acids is 1. The number of rotatable bonds is 4. The van der Waals surface area contributed by atoms with Gasteiger partial charge < -0.3 is 5.32 Å². The van der Waals surface area contributed by atoms with Gasteiger partial charge in [-0.05, 0) is 30.3 Å². The first-order valence-electron chi connectivity index (χ1n) is 7.39. The van der Waals surface area contributed by atoms with E-state index in [2.05, 4.69) is 20.3 Å². The lowest BCUT2D eigenvalue weighted by Crippen LogP contribution is -2.14. The number of nitrogens with zero attached hydrogens (tertiary/aromatic N) is 3. The summed E-state index contributed by atoms with van der Waals surface area (Å²) in [5.41, 5.74) is 2.34. The molecule has 0 radical (unpaired) electrons. The Balaban J connectivity index is 1.46. The first-order valence-corrected chi connectivity index (χ1v) is 9.46. The third kappa shape index (κ3) is 3.68. The second kappa shape index (κ2) is 6.87. The second-order valence-corrected chi connectivity index (χ2v) is 7.54. The lowest BCUT2D eigenvalue weighted by Gasteiger charge is -1.98. The zero-order valence-electron chi connectivity index (χ0n) is 12.8. The summed E-state index contributed by atoms with van der Waals surface area (Å²) in [6, 6.07) is 11.1. The van der Waals surface area contributed by atoms with Gasteiger partial charge in [0.2, 0.25) is 5.91 Å². The summed E-state index contributed by atoms with van der Waals surface area (Å²) in [4.78, 5) is 25.4. The molecule has 0 unspecified atom stereocenters. The van der Waals surface area contributed by atoms with Gasteiger partial charge >= 0.3 is 0 Å². The first-order chi connectivity index (χ1) is 12.2. The summed E-state index contributed by atoms with van der Waals surface area (Å²) >= 11 is 8.85. The van der Waals surface area contributed by atoms with Crippen LogP contribution in [0.1, 0.15) is 5.69 Å². The number of carbonyl (C=O) groups is 1. The fraction of sp³-hybridized carbons (Fsp3) is 0.0588. The molecule has 124 valence electrons.